The smallest absolute Gasteiger partial charge is 0.257 e. The molecule has 0 unspecified atom stereocenters. The topological polar surface area (TPSA) is 65.4 Å². The number of methoxy groups -OCH3 is 1. The lowest BCUT2D eigenvalue weighted by molar-refractivity contribution is 0.102. The molecule has 1 N–H and O–H groups in total. The molecule has 1 atom stereocenters. The van der Waals surface area contributed by atoms with Gasteiger partial charge in [0.05, 0.1) is 30.1 Å². The molecule has 2 aromatic heterocycles. The summed E-state index contributed by atoms with van der Waals surface area (Å²) >= 11 is 0. The zero-order valence-corrected chi connectivity index (χ0v) is 17.3. The van der Waals surface area contributed by atoms with Gasteiger partial charge in [0.15, 0.2) is 0 Å². The maximum atomic E-state index is 12.9. The summed E-state index contributed by atoms with van der Waals surface area (Å²) in [6, 6.07) is 15.8. The molecule has 3 rings (SSSR count). The molecule has 0 fully saturated rings. The third-order valence-electron chi connectivity index (χ3n) is 4.93. The van der Waals surface area contributed by atoms with Crippen LogP contribution in [0.2, 0.25) is 0 Å². The number of hydrogen-bond donors (Lipinski definition) is 1. The average molecular weight is 393 g/mol. The zero-order chi connectivity index (χ0) is 20.8. The molecule has 3 aromatic rings. The summed E-state index contributed by atoms with van der Waals surface area (Å²) in [5.41, 5.74) is 4.46. The number of benzene rings is 1. The highest BCUT2D eigenvalue weighted by atomic mass is 16.5. The second-order valence-electron chi connectivity index (χ2n) is 6.92. The van der Waals surface area contributed by atoms with Gasteiger partial charge in [-0.3, -0.25) is 4.79 Å². The monoisotopic (exact) mass is 393 g/mol. The molecule has 29 heavy (non-hydrogen) atoms. The van der Waals surface area contributed by atoms with Gasteiger partial charge in [-0.25, -0.2) is 4.98 Å². The first-order valence-electron chi connectivity index (χ1n) is 9.63. The maximum Gasteiger partial charge on any atom is 0.257 e. The number of ether oxygens (including phenoxy) is 2. The van der Waals surface area contributed by atoms with Crippen LogP contribution in [0.5, 0.6) is 5.88 Å². The normalized spacial score (nSPS) is 11.9. The number of anilines is 1. The van der Waals surface area contributed by atoms with Crippen LogP contribution < -0.4 is 10.1 Å². The van der Waals surface area contributed by atoms with Crippen molar-refractivity contribution < 1.29 is 14.3 Å². The largest absolute Gasteiger partial charge is 0.475 e. The van der Waals surface area contributed by atoms with Crippen molar-refractivity contribution in [1.29, 1.82) is 0 Å². The SMILES string of the molecule is COCCOc1ccc(NC(=O)c2cc(C)n([C@H](C)c3ccccc3)c2C)cn1. The third kappa shape index (κ3) is 4.84. The van der Waals surface area contributed by atoms with Crippen LogP contribution in [0.1, 0.15) is 40.3 Å². The number of hydrogen-bond acceptors (Lipinski definition) is 4. The highest BCUT2D eigenvalue weighted by molar-refractivity contribution is 6.05. The van der Waals surface area contributed by atoms with Gasteiger partial charge in [0, 0.05) is 24.6 Å². The first-order chi connectivity index (χ1) is 14.0. The molecule has 0 aliphatic carbocycles. The number of amides is 1. The molecule has 6 nitrogen and oxygen atoms in total. The third-order valence-corrected chi connectivity index (χ3v) is 4.93. The summed E-state index contributed by atoms with van der Waals surface area (Å²) in [7, 11) is 1.62. The Balaban J connectivity index is 1.73. The van der Waals surface area contributed by atoms with Crippen molar-refractivity contribution in [2.24, 2.45) is 0 Å². The Labute approximate surface area is 171 Å². The zero-order valence-electron chi connectivity index (χ0n) is 17.3. The van der Waals surface area contributed by atoms with E-state index in [1.807, 2.05) is 38.1 Å². The fourth-order valence-corrected chi connectivity index (χ4v) is 3.45. The Morgan fingerprint density at radius 3 is 2.55 bits per heavy atom. The second-order valence-corrected chi connectivity index (χ2v) is 6.92. The summed E-state index contributed by atoms with van der Waals surface area (Å²) in [6.45, 7) is 7.07. The molecular formula is C23H27N3O3. The number of aryl methyl sites for hydroxylation is 1. The van der Waals surface area contributed by atoms with E-state index in [2.05, 4.69) is 33.9 Å². The molecule has 1 amide bonds. The van der Waals surface area contributed by atoms with Crippen LogP contribution in [0.3, 0.4) is 0 Å². The van der Waals surface area contributed by atoms with E-state index in [0.717, 1.165) is 11.4 Å². The number of pyridine rings is 1. The van der Waals surface area contributed by atoms with Crippen molar-refractivity contribution in [3.8, 4) is 5.88 Å². The minimum atomic E-state index is -0.153. The average Bonchev–Trinajstić information content (AvgIpc) is 3.04. The Morgan fingerprint density at radius 2 is 1.90 bits per heavy atom. The second kappa shape index (κ2) is 9.39. The van der Waals surface area contributed by atoms with E-state index in [1.54, 1.807) is 25.4 Å². The first kappa shape index (κ1) is 20.6. The molecule has 0 saturated carbocycles. The number of carbonyl (C=O) groups excluding carboxylic acids is 1. The summed E-state index contributed by atoms with van der Waals surface area (Å²) < 4.78 is 12.6. The molecule has 6 heteroatoms. The fourth-order valence-electron chi connectivity index (χ4n) is 3.45. The number of aromatic nitrogens is 2. The minimum Gasteiger partial charge on any atom is -0.475 e. The molecule has 152 valence electrons. The predicted octanol–water partition coefficient (Wildman–Crippen LogP) is 4.39. The molecule has 0 bridgehead atoms. The number of nitrogens with one attached hydrogen (secondary N) is 1. The van der Waals surface area contributed by atoms with Gasteiger partial charge in [-0.15, -0.1) is 0 Å². The Kier molecular flexibility index (Phi) is 6.67. The Bertz CT molecular complexity index is 950. The quantitative estimate of drug-likeness (QED) is 0.577. The van der Waals surface area contributed by atoms with E-state index in [-0.39, 0.29) is 11.9 Å². The van der Waals surface area contributed by atoms with Gasteiger partial charge in [-0.05, 0) is 38.5 Å². The highest BCUT2D eigenvalue weighted by Crippen LogP contribution is 2.26. The van der Waals surface area contributed by atoms with Crippen LogP contribution in [0.15, 0.2) is 54.7 Å². The van der Waals surface area contributed by atoms with Crippen molar-refractivity contribution in [2.75, 3.05) is 25.6 Å². The van der Waals surface area contributed by atoms with Crippen molar-refractivity contribution in [3.63, 3.8) is 0 Å². The molecule has 2 heterocycles. The number of rotatable bonds is 8. The van der Waals surface area contributed by atoms with Gasteiger partial charge in [0.1, 0.15) is 6.61 Å². The maximum absolute atomic E-state index is 12.9. The van der Waals surface area contributed by atoms with E-state index < -0.39 is 0 Å². The Morgan fingerprint density at radius 1 is 1.14 bits per heavy atom. The van der Waals surface area contributed by atoms with Crippen molar-refractivity contribution in [3.05, 3.63) is 77.2 Å². The minimum absolute atomic E-state index is 0.142. The molecule has 0 aliphatic rings. The van der Waals surface area contributed by atoms with Crippen molar-refractivity contribution >= 4 is 11.6 Å². The lowest BCUT2D eigenvalue weighted by Crippen LogP contribution is -2.15. The molecule has 0 spiro atoms. The highest BCUT2D eigenvalue weighted by Gasteiger charge is 2.19. The first-order valence-corrected chi connectivity index (χ1v) is 9.63. The molecule has 0 aliphatic heterocycles. The van der Waals surface area contributed by atoms with Gasteiger partial charge in [-0.2, -0.15) is 0 Å². The van der Waals surface area contributed by atoms with Crippen LogP contribution >= 0.6 is 0 Å². The van der Waals surface area contributed by atoms with Gasteiger partial charge in [0.2, 0.25) is 5.88 Å². The molecule has 0 radical (unpaired) electrons. The van der Waals surface area contributed by atoms with Crippen LogP contribution in [0.4, 0.5) is 5.69 Å². The lowest BCUT2D eigenvalue weighted by atomic mass is 10.1. The van der Waals surface area contributed by atoms with E-state index in [0.29, 0.717) is 30.3 Å². The Hall–Kier alpha value is -3.12. The fraction of sp³-hybridized carbons (Fsp3) is 0.304. The number of carbonyl (C=O) groups is 1. The summed E-state index contributed by atoms with van der Waals surface area (Å²) in [4.78, 5) is 17.1. The van der Waals surface area contributed by atoms with Crippen LogP contribution in [0, 0.1) is 13.8 Å². The van der Waals surface area contributed by atoms with Crippen molar-refractivity contribution in [2.45, 2.75) is 26.8 Å². The molecule has 0 saturated heterocycles. The van der Waals surface area contributed by atoms with Gasteiger partial charge >= 0.3 is 0 Å². The van der Waals surface area contributed by atoms with Crippen molar-refractivity contribution in [1.82, 2.24) is 9.55 Å². The van der Waals surface area contributed by atoms with E-state index in [4.69, 9.17) is 9.47 Å². The van der Waals surface area contributed by atoms with Crippen LogP contribution in [-0.2, 0) is 4.74 Å². The number of nitrogens with zero attached hydrogens (tertiary/aromatic N) is 2. The van der Waals surface area contributed by atoms with Crippen LogP contribution in [-0.4, -0.2) is 35.8 Å². The summed E-state index contributed by atoms with van der Waals surface area (Å²) in [5, 5.41) is 2.92. The van der Waals surface area contributed by atoms with Gasteiger partial charge < -0.3 is 19.4 Å². The van der Waals surface area contributed by atoms with Gasteiger partial charge in [0.25, 0.3) is 5.91 Å². The van der Waals surface area contributed by atoms with E-state index >= 15 is 0 Å². The summed E-state index contributed by atoms with van der Waals surface area (Å²) in [5.74, 6) is 0.342. The van der Waals surface area contributed by atoms with E-state index in [9.17, 15) is 4.79 Å². The van der Waals surface area contributed by atoms with Gasteiger partial charge in [-0.1, -0.05) is 30.3 Å². The summed E-state index contributed by atoms with van der Waals surface area (Å²) in [6.07, 6.45) is 1.59. The lowest BCUT2D eigenvalue weighted by Gasteiger charge is -2.19. The predicted molar refractivity (Wildman–Crippen MR) is 114 cm³/mol. The van der Waals surface area contributed by atoms with Crippen LogP contribution in [0.25, 0.3) is 0 Å². The standard InChI is InChI=1S/C23H27N3O3/c1-16-14-21(18(3)26(16)17(2)19-8-6-5-7-9-19)23(27)25-20-10-11-22(24-15-20)29-13-12-28-4/h5-11,14-15,17H,12-13H2,1-4H3,(H,25,27)/t17-/m1/s1. The molecular weight excluding hydrogens is 366 g/mol. The molecule has 1 aromatic carbocycles. The van der Waals surface area contributed by atoms with E-state index in [1.165, 1.54) is 5.56 Å².